The number of anilines is 1. The third kappa shape index (κ3) is 3.31. The van der Waals surface area contributed by atoms with Gasteiger partial charge in [-0.1, -0.05) is 18.2 Å². The Bertz CT molecular complexity index is 718. The molecule has 6 heteroatoms. The van der Waals surface area contributed by atoms with Crippen LogP contribution in [0.4, 0.5) is 5.69 Å². The van der Waals surface area contributed by atoms with Crippen molar-refractivity contribution in [3.63, 3.8) is 0 Å². The summed E-state index contributed by atoms with van der Waals surface area (Å²) < 4.78 is 5.37. The average Bonchev–Trinajstić information content (AvgIpc) is 2.58. The lowest BCUT2D eigenvalue weighted by Gasteiger charge is -2.29. The first-order valence-corrected chi connectivity index (χ1v) is 7.37. The fraction of sp³-hybridized carbons (Fsp3) is 0.235. The maximum Gasteiger partial charge on any atom is 0.265 e. The summed E-state index contributed by atoms with van der Waals surface area (Å²) in [4.78, 5) is 30.0. The van der Waals surface area contributed by atoms with Crippen molar-refractivity contribution in [3.8, 4) is 5.75 Å². The van der Waals surface area contributed by atoms with Crippen LogP contribution in [-0.2, 0) is 9.59 Å². The number of hydrogen-bond donors (Lipinski definition) is 1. The average molecular weight is 311 g/mol. The van der Waals surface area contributed by atoms with Crippen LogP contribution in [0, 0.1) is 0 Å². The van der Waals surface area contributed by atoms with Crippen molar-refractivity contribution in [2.75, 3.05) is 18.1 Å². The molecule has 2 heterocycles. The Hall–Kier alpha value is -2.89. The number of amides is 2. The first-order valence-electron chi connectivity index (χ1n) is 7.37. The molecule has 0 spiro atoms. The third-order valence-electron chi connectivity index (χ3n) is 3.62. The number of aromatic nitrogens is 1. The molecule has 23 heavy (non-hydrogen) atoms. The minimum atomic E-state index is -0.242. The van der Waals surface area contributed by atoms with Gasteiger partial charge in [0.25, 0.3) is 5.91 Å². The molecule has 1 aliphatic heterocycles. The van der Waals surface area contributed by atoms with E-state index < -0.39 is 0 Å². The Balaban J connectivity index is 1.69. The van der Waals surface area contributed by atoms with Crippen LogP contribution in [-0.4, -0.2) is 29.9 Å². The van der Waals surface area contributed by atoms with E-state index in [4.69, 9.17) is 4.74 Å². The summed E-state index contributed by atoms with van der Waals surface area (Å²) in [7, 11) is 0. The molecule has 1 aliphatic rings. The van der Waals surface area contributed by atoms with Crippen molar-refractivity contribution in [3.05, 3.63) is 54.4 Å². The summed E-state index contributed by atoms with van der Waals surface area (Å²) in [6, 6.07) is 12.5. The maximum atomic E-state index is 12.3. The largest absolute Gasteiger partial charge is 0.482 e. The van der Waals surface area contributed by atoms with Crippen molar-refractivity contribution >= 4 is 17.5 Å². The molecule has 3 rings (SSSR count). The predicted octanol–water partition coefficient (Wildman–Crippen LogP) is 1.68. The van der Waals surface area contributed by atoms with Gasteiger partial charge < -0.3 is 10.1 Å². The lowest BCUT2D eigenvalue weighted by molar-refractivity contribution is -0.125. The van der Waals surface area contributed by atoms with E-state index in [1.165, 1.54) is 4.90 Å². The molecule has 2 aromatic rings. The second kappa shape index (κ2) is 6.48. The number of fused-ring (bicyclic) bond motifs is 1. The number of nitrogens with zero attached hydrogens (tertiary/aromatic N) is 2. The third-order valence-corrected chi connectivity index (χ3v) is 3.62. The number of pyridine rings is 1. The zero-order chi connectivity index (χ0) is 16.2. The number of ether oxygens (including phenoxy) is 1. The number of nitrogens with one attached hydrogen (secondary N) is 1. The number of carbonyl (C=O) groups excluding carboxylic acids is 2. The number of carbonyl (C=O) groups is 2. The van der Waals surface area contributed by atoms with E-state index in [0.29, 0.717) is 11.4 Å². The highest BCUT2D eigenvalue weighted by atomic mass is 16.5. The monoisotopic (exact) mass is 311 g/mol. The molecule has 0 saturated carbocycles. The minimum Gasteiger partial charge on any atom is -0.482 e. The highest BCUT2D eigenvalue weighted by Gasteiger charge is 2.27. The standard InChI is InChI=1S/C17H17N3O3/c1-12(13-6-4-5-9-18-13)19-16(21)10-20-14-7-2-3-8-15(14)23-11-17(20)22/h2-9,12H,10-11H2,1H3,(H,19,21). The van der Waals surface area contributed by atoms with Gasteiger partial charge in [-0.25, -0.2) is 0 Å². The molecular weight excluding hydrogens is 294 g/mol. The van der Waals surface area contributed by atoms with E-state index in [9.17, 15) is 9.59 Å². The smallest absolute Gasteiger partial charge is 0.265 e. The molecule has 1 unspecified atom stereocenters. The first kappa shape index (κ1) is 15.0. The summed E-state index contributed by atoms with van der Waals surface area (Å²) in [5.74, 6) is 0.134. The molecule has 1 N–H and O–H groups in total. The number of para-hydroxylation sites is 2. The topological polar surface area (TPSA) is 71.5 Å². The van der Waals surface area contributed by atoms with Crippen molar-refractivity contribution in [1.82, 2.24) is 10.3 Å². The molecule has 2 amide bonds. The Morgan fingerprint density at radius 2 is 2.09 bits per heavy atom. The molecule has 0 fully saturated rings. The zero-order valence-corrected chi connectivity index (χ0v) is 12.7. The van der Waals surface area contributed by atoms with Crippen LogP contribution in [0.25, 0.3) is 0 Å². The Labute approximate surface area is 134 Å². The highest BCUT2D eigenvalue weighted by Crippen LogP contribution is 2.31. The van der Waals surface area contributed by atoms with Gasteiger partial charge in [0.1, 0.15) is 12.3 Å². The van der Waals surface area contributed by atoms with E-state index in [2.05, 4.69) is 10.3 Å². The SMILES string of the molecule is CC(NC(=O)CN1C(=O)COc2ccccc21)c1ccccn1. The molecule has 1 aromatic heterocycles. The molecule has 6 nitrogen and oxygen atoms in total. The zero-order valence-electron chi connectivity index (χ0n) is 12.7. The molecule has 118 valence electrons. The molecule has 0 radical (unpaired) electrons. The fourth-order valence-electron chi connectivity index (χ4n) is 2.46. The van der Waals surface area contributed by atoms with E-state index in [1.54, 1.807) is 18.3 Å². The van der Waals surface area contributed by atoms with Gasteiger partial charge >= 0.3 is 0 Å². The number of hydrogen-bond acceptors (Lipinski definition) is 4. The van der Waals surface area contributed by atoms with Crippen molar-refractivity contribution in [1.29, 1.82) is 0 Å². The van der Waals surface area contributed by atoms with Gasteiger partial charge in [0.15, 0.2) is 6.61 Å². The Morgan fingerprint density at radius 3 is 2.87 bits per heavy atom. The molecule has 0 saturated heterocycles. The highest BCUT2D eigenvalue weighted by molar-refractivity contribution is 6.02. The van der Waals surface area contributed by atoms with Crippen LogP contribution < -0.4 is 15.0 Å². The first-order chi connectivity index (χ1) is 11.1. The summed E-state index contributed by atoms with van der Waals surface area (Å²) in [5.41, 5.74) is 1.39. The van der Waals surface area contributed by atoms with E-state index in [1.807, 2.05) is 37.3 Å². The van der Waals surface area contributed by atoms with Gasteiger partial charge in [-0.2, -0.15) is 0 Å². The van der Waals surface area contributed by atoms with Crippen molar-refractivity contribution in [2.45, 2.75) is 13.0 Å². The van der Waals surface area contributed by atoms with Crippen LogP contribution in [0.15, 0.2) is 48.7 Å². The van der Waals surface area contributed by atoms with E-state index >= 15 is 0 Å². The van der Waals surface area contributed by atoms with E-state index in [-0.39, 0.29) is 31.0 Å². The van der Waals surface area contributed by atoms with Crippen LogP contribution in [0.5, 0.6) is 5.75 Å². The number of rotatable bonds is 4. The predicted molar refractivity (Wildman–Crippen MR) is 85.1 cm³/mol. The Kier molecular flexibility index (Phi) is 4.23. The summed E-state index contributed by atoms with van der Waals surface area (Å²) in [6.45, 7) is 1.76. The molecule has 0 bridgehead atoms. The van der Waals surface area contributed by atoms with Gasteiger partial charge in [0.05, 0.1) is 17.4 Å². The number of benzene rings is 1. The van der Waals surface area contributed by atoms with E-state index in [0.717, 1.165) is 5.69 Å². The Morgan fingerprint density at radius 1 is 1.30 bits per heavy atom. The molecule has 0 aliphatic carbocycles. The quantitative estimate of drug-likeness (QED) is 0.932. The second-order valence-corrected chi connectivity index (χ2v) is 5.28. The fourth-order valence-corrected chi connectivity index (χ4v) is 2.46. The van der Waals surface area contributed by atoms with Crippen LogP contribution in [0.3, 0.4) is 0 Å². The van der Waals surface area contributed by atoms with Crippen molar-refractivity contribution in [2.24, 2.45) is 0 Å². The van der Waals surface area contributed by atoms with Gasteiger partial charge in [0, 0.05) is 6.20 Å². The second-order valence-electron chi connectivity index (χ2n) is 5.28. The van der Waals surface area contributed by atoms with Gasteiger partial charge in [0.2, 0.25) is 5.91 Å². The van der Waals surface area contributed by atoms with Gasteiger partial charge in [-0.15, -0.1) is 0 Å². The van der Waals surface area contributed by atoms with Crippen LogP contribution in [0.1, 0.15) is 18.7 Å². The lowest BCUT2D eigenvalue weighted by Crippen LogP contribution is -2.45. The summed E-state index contributed by atoms with van der Waals surface area (Å²) in [5, 5.41) is 2.86. The van der Waals surface area contributed by atoms with Crippen molar-refractivity contribution < 1.29 is 14.3 Å². The van der Waals surface area contributed by atoms with Crippen LogP contribution >= 0.6 is 0 Å². The molecule has 1 atom stereocenters. The summed E-state index contributed by atoms with van der Waals surface area (Å²) in [6.07, 6.45) is 1.68. The normalized spacial score (nSPS) is 14.7. The minimum absolute atomic E-state index is 0.0453. The van der Waals surface area contributed by atoms with Crippen LogP contribution in [0.2, 0.25) is 0 Å². The maximum absolute atomic E-state index is 12.3. The van der Waals surface area contributed by atoms with Gasteiger partial charge in [-0.3, -0.25) is 19.5 Å². The molecular formula is C17H17N3O3. The molecule has 1 aromatic carbocycles. The lowest BCUT2D eigenvalue weighted by atomic mass is 10.2. The summed E-state index contributed by atoms with van der Waals surface area (Å²) >= 11 is 0. The van der Waals surface area contributed by atoms with Gasteiger partial charge in [-0.05, 0) is 31.2 Å².